The summed E-state index contributed by atoms with van der Waals surface area (Å²) in [5, 5.41) is 23.1. The third-order valence-electron chi connectivity index (χ3n) is 3.45. The highest BCUT2D eigenvalue weighted by molar-refractivity contribution is 9.10. The van der Waals surface area contributed by atoms with Crippen molar-refractivity contribution in [2.45, 2.75) is 37.8 Å². The van der Waals surface area contributed by atoms with E-state index in [2.05, 4.69) is 21.2 Å². The molecule has 0 atom stereocenters. The Bertz CT molecular complexity index is 527. The lowest BCUT2D eigenvalue weighted by Gasteiger charge is -2.26. The van der Waals surface area contributed by atoms with Crippen LogP contribution in [-0.2, 0) is 0 Å². The van der Waals surface area contributed by atoms with Crippen LogP contribution in [0.4, 0.5) is 5.69 Å². The van der Waals surface area contributed by atoms with E-state index in [1.54, 1.807) is 6.07 Å². The minimum Gasteiger partial charge on any atom is -0.393 e. The molecule has 1 aromatic carbocycles. The van der Waals surface area contributed by atoms with E-state index in [0.29, 0.717) is 12.8 Å². The Labute approximate surface area is 124 Å². The van der Waals surface area contributed by atoms with Crippen molar-refractivity contribution in [2.75, 3.05) is 0 Å². The minimum absolute atomic E-state index is 0.0112. The average molecular weight is 343 g/mol. The number of carbonyl (C=O) groups is 1. The van der Waals surface area contributed by atoms with Crippen LogP contribution < -0.4 is 5.32 Å². The van der Waals surface area contributed by atoms with Crippen molar-refractivity contribution in [3.8, 4) is 0 Å². The molecule has 0 bridgehead atoms. The molecule has 0 spiro atoms. The Balaban J connectivity index is 2.10. The van der Waals surface area contributed by atoms with Crippen molar-refractivity contribution in [2.24, 2.45) is 0 Å². The SMILES string of the molecule is O=C(NC1CCC(O)CC1)c1cccc([N+](=O)[O-])c1Br. The van der Waals surface area contributed by atoms with Crippen molar-refractivity contribution in [1.82, 2.24) is 5.32 Å². The summed E-state index contributed by atoms with van der Waals surface area (Å²) in [6.45, 7) is 0. The van der Waals surface area contributed by atoms with Gasteiger partial charge >= 0.3 is 0 Å². The van der Waals surface area contributed by atoms with Gasteiger partial charge in [-0.05, 0) is 47.7 Å². The fourth-order valence-corrected chi connectivity index (χ4v) is 2.91. The maximum atomic E-state index is 12.2. The molecule has 1 aliphatic rings. The summed E-state index contributed by atoms with van der Waals surface area (Å²) in [6.07, 6.45) is 2.49. The highest BCUT2D eigenvalue weighted by Gasteiger charge is 2.24. The summed E-state index contributed by atoms with van der Waals surface area (Å²) in [5.41, 5.74) is 0.127. The van der Waals surface area contributed by atoms with Crippen molar-refractivity contribution in [3.05, 3.63) is 38.3 Å². The van der Waals surface area contributed by atoms with E-state index in [1.165, 1.54) is 12.1 Å². The van der Waals surface area contributed by atoms with Crippen LogP contribution >= 0.6 is 15.9 Å². The molecule has 2 rings (SSSR count). The van der Waals surface area contributed by atoms with Gasteiger partial charge in [-0.15, -0.1) is 0 Å². The van der Waals surface area contributed by atoms with E-state index in [0.717, 1.165) is 12.8 Å². The Morgan fingerprint density at radius 1 is 1.35 bits per heavy atom. The molecule has 1 aromatic rings. The predicted octanol–water partition coefficient (Wildman–Crippen LogP) is 2.39. The number of benzene rings is 1. The van der Waals surface area contributed by atoms with Crippen LogP contribution in [-0.4, -0.2) is 28.1 Å². The summed E-state index contributed by atoms with van der Waals surface area (Å²) < 4.78 is 0.193. The third kappa shape index (κ3) is 3.34. The molecular weight excluding hydrogens is 328 g/mol. The lowest BCUT2D eigenvalue weighted by atomic mass is 9.93. The van der Waals surface area contributed by atoms with Crippen LogP contribution in [0.1, 0.15) is 36.0 Å². The highest BCUT2D eigenvalue weighted by atomic mass is 79.9. The van der Waals surface area contributed by atoms with Crippen LogP contribution in [0.5, 0.6) is 0 Å². The molecule has 0 heterocycles. The predicted molar refractivity (Wildman–Crippen MR) is 76.5 cm³/mol. The second-order valence-electron chi connectivity index (χ2n) is 4.87. The lowest BCUT2D eigenvalue weighted by Crippen LogP contribution is -2.38. The molecule has 7 heteroatoms. The highest BCUT2D eigenvalue weighted by Crippen LogP contribution is 2.28. The lowest BCUT2D eigenvalue weighted by molar-refractivity contribution is -0.385. The van der Waals surface area contributed by atoms with Gasteiger partial charge in [0.05, 0.1) is 16.6 Å². The van der Waals surface area contributed by atoms with Gasteiger partial charge in [0.25, 0.3) is 11.6 Å². The number of hydrogen-bond acceptors (Lipinski definition) is 4. The average Bonchev–Trinajstić information content (AvgIpc) is 2.41. The first-order valence-corrected chi connectivity index (χ1v) is 7.20. The fraction of sp³-hybridized carbons (Fsp3) is 0.462. The number of amides is 1. The zero-order valence-corrected chi connectivity index (χ0v) is 12.3. The molecule has 1 saturated carbocycles. The molecular formula is C13H15BrN2O4. The zero-order chi connectivity index (χ0) is 14.7. The van der Waals surface area contributed by atoms with Crippen LogP contribution in [0.3, 0.4) is 0 Å². The molecule has 0 unspecified atom stereocenters. The molecule has 0 aliphatic heterocycles. The van der Waals surface area contributed by atoms with Crippen LogP contribution in [0.2, 0.25) is 0 Å². The van der Waals surface area contributed by atoms with Gasteiger partial charge in [-0.25, -0.2) is 0 Å². The Morgan fingerprint density at radius 2 is 2.00 bits per heavy atom. The first kappa shape index (κ1) is 14.9. The van der Waals surface area contributed by atoms with Crippen LogP contribution in [0.15, 0.2) is 22.7 Å². The van der Waals surface area contributed by atoms with E-state index in [9.17, 15) is 20.0 Å². The Morgan fingerprint density at radius 3 is 2.60 bits per heavy atom. The number of nitro benzene ring substituents is 1. The van der Waals surface area contributed by atoms with E-state index in [-0.39, 0.29) is 33.8 Å². The molecule has 20 heavy (non-hydrogen) atoms. The van der Waals surface area contributed by atoms with E-state index in [1.807, 2.05) is 0 Å². The standard InChI is InChI=1S/C13H15BrN2O4/c14-12-10(2-1-3-11(12)16(19)20)13(18)15-8-4-6-9(17)7-5-8/h1-3,8-9,17H,4-7H2,(H,15,18). The maximum absolute atomic E-state index is 12.2. The Hall–Kier alpha value is -1.47. The number of carbonyl (C=O) groups excluding carboxylic acids is 1. The summed E-state index contributed by atoms with van der Waals surface area (Å²) in [7, 11) is 0. The Kier molecular flexibility index (Phi) is 4.72. The smallest absolute Gasteiger partial charge is 0.284 e. The van der Waals surface area contributed by atoms with Gasteiger partial charge in [-0.3, -0.25) is 14.9 Å². The number of aliphatic hydroxyl groups is 1. The monoisotopic (exact) mass is 342 g/mol. The first-order chi connectivity index (χ1) is 9.49. The van der Waals surface area contributed by atoms with Crippen molar-refractivity contribution in [3.63, 3.8) is 0 Å². The molecule has 108 valence electrons. The van der Waals surface area contributed by atoms with Crippen LogP contribution in [0, 0.1) is 10.1 Å². The van der Waals surface area contributed by atoms with Crippen molar-refractivity contribution in [1.29, 1.82) is 0 Å². The van der Waals surface area contributed by atoms with Gasteiger partial charge in [-0.2, -0.15) is 0 Å². The number of rotatable bonds is 3. The summed E-state index contributed by atoms with van der Waals surface area (Å²) >= 11 is 3.11. The minimum atomic E-state index is -0.530. The molecule has 0 saturated heterocycles. The van der Waals surface area contributed by atoms with E-state index >= 15 is 0 Å². The molecule has 0 aromatic heterocycles. The quantitative estimate of drug-likeness (QED) is 0.651. The van der Waals surface area contributed by atoms with E-state index < -0.39 is 4.92 Å². The first-order valence-electron chi connectivity index (χ1n) is 6.41. The number of halogens is 1. The number of hydrogen-bond donors (Lipinski definition) is 2. The topological polar surface area (TPSA) is 92.5 Å². The van der Waals surface area contributed by atoms with Gasteiger partial charge in [0.15, 0.2) is 0 Å². The maximum Gasteiger partial charge on any atom is 0.284 e. The molecule has 6 nitrogen and oxygen atoms in total. The summed E-state index contributed by atoms with van der Waals surface area (Å²) in [5.74, 6) is -0.332. The summed E-state index contributed by atoms with van der Waals surface area (Å²) in [4.78, 5) is 22.5. The fourth-order valence-electron chi connectivity index (χ4n) is 2.32. The number of aliphatic hydroxyl groups excluding tert-OH is 1. The molecule has 0 radical (unpaired) electrons. The van der Waals surface area contributed by atoms with Gasteiger partial charge in [0.2, 0.25) is 0 Å². The van der Waals surface area contributed by atoms with Crippen molar-refractivity contribution >= 4 is 27.5 Å². The number of nitro groups is 1. The van der Waals surface area contributed by atoms with E-state index in [4.69, 9.17) is 0 Å². The third-order valence-corrected chi connectivity index (χ3v) is 4.28. The largest absolute Gasteiger partial charge is 0.393 e. The molecule has 1 amide bonds. The second kappa shape index (κ2) is 6.32. The molecule has 1 aliphatic carbocycles. The summed E-state index contributed by atoms with van der Waals surface area (Å²) in [6, 6.07) is 4.39. The van der Waals surface area contributed by atoms with Crippen molar-refractivity contribution < 1.29 is 14.8 Å². The zero-order valence-electron chi connectivity index (χ0n) is 10.7. The van der Waals surface area contributed by atoms with Crippen LogP contribution in [0.25, 0.3) is 0 Å². The van der Waals surface area contributed by atoms with Gasteiger partial charge in [0.1, 0.15) is 4.47 Å². The molecule has 2 N–H and O–H groups in total. The molecule has 1 fully saturated rings. The van der Waals surface area contributed by atoms with Gasteiger partial charge in [0, 0.05) is 12.1 Å². The number of nitrogens with zero attached hydrogens (tertiary/aromatic N) is 1. The second-order valence-corrected chi connectivity index (χ2v) is 5.67. The van der Waals surface area contributed by atoms with Gasteiger partial charge < -0.3 is 10.4 Å². The number of nitrogens with one attached hydrogen (secondary N) is 1. The normalized spacial score (nSPS) is 22.3. The van der Waals surface area contributed by atoms with Gasteiger partial charge in [-0.1, -0.05) is 6.07 Å².